The van der Waals surface area contributed by atoms with Gasteiger partial charge in [0, 0.05) is 20.2 Å². The normalized spacial score (nSPS) is 14.6. The molecule has 1 aromatic rings. The molecule has 3 nitrogen and oxygen atoms in total. The van der Waals surface area contributed by atoms with Gasteiger partial charge in [0.05, 0.1) is 17.2 Å². The van der Waals surface area contributed by atoms with Crippen LogP contribution in [0.1, 0.15) is 12.5 Å². The molecule has 96 valence electrons. The number of aliphatic hydroxyl groups is 1. The second-order valence-electron chi connectivity index (χ2n) is 4.07. The highest BCUT2D eigenvalue weighted by atomic mass is 35.5. The highest BCUT2D eigenvalue weighted by molar-refractivity contribution is 6.30. The highest BCUT2D eigenvalue weighted by Gasteiger charge is 2.23. The van der Waals surface area contributed by atoms with E-state index in [0.29, 0.717) is 25.3 Å². The summed E-state index contributed by atoms with van der Waals surface area (Å²) in [6.45, 7) is 3.20. The quantitative estimate of drug-likeness (QED) is 0.769. The largest absolute Gasteiger partial charge is 0.384 e. The molecular formula is C12H17ClFNO2. The van der Waals surface area contributed by atoms with Crippen molar-refractivity contribution in [1.29, 1.82) is 0 Å². The van der Waals surface area contributed by atoms with Crippen LogP contribution in [0.3, 0.4) is 0 Å². The monoisotopic (exact) mass is 261 g/mol. The summed E-state index contributed by atoms with van der Waals surface area (Å²) in [5.41, 5.74) is -0.515. The molecule has 2 N–H and O–H groups in total. The predicted molar refractivity (Wildman–Crippen MR) is 65.7 cm³/mol. The van der Waals surface area contributed by atoms with E-state index in [2.05, 4.69) is 5.32 Å². The van der Waals surface area contributed by atoms with Gasteiger partial charge in [0.25, 0.3) is 0 Å². The van der Waals surface area contributed by atoms with Crippen molar-refractivity contribution in [1.82, 2.24) is 5.32 Å². The summed E-state index contributed by atoms with van der Waals surface area (Å²) < 4.78 is 17.9. The van der Waals surface area contributed by atoms with Crippen molar-refractivity contribution >= 4 is 11.6 Å². The lowest BCUT2D eigenvalue weighted by atomic mass is 9.96. The third-order valence-corrected chi connectivity index (χ3v) is 2.78. The Bertz CT molecular complexity index is 372. The Hall–Kier alpha value is -0.680. The predicted octanol–water partition coefficient (Wildman–Crippen LogP) is 1.92. The molecule has 0 aliphatic heterocycles. The number of benzene rings is 1. The van der Waals surface area contributed by atoms with Crippen molar-refractivity contribution in [3.63, 3.8) is 0 Å². The zero-order valence-electron chi connectivity index (χ0n) is 9.96. The number of hydrogen-bond donors (Lipinski definition) is 2. The lowest BCUT2D eigenvalue weighted by Gasteiger charge is -2.24. The Balaban J connectivity index is 2.64. The van der Waals surface area contributed by atoms with Crippen LogP contribution in [-0.4, -0.2) is 31.9 Å². The maximum Gasteiger partial charge on any atom is 0.141 e. The highest BCUT2D eigenvalue weighted by Crippen LogP contribution is 2.24. The summed E-state index contributed by atoms with van der Waals surface area (Å²) in [5.74, 6) is -0.487. The maximum atomic E-state index is 13.0. The molecule has 0 aromatic heterocycles. The SMILES string of the molecule is COCCNCC(C)(O)c1ccc(F)c(Cl)c1. The first-order chi connectivity index (χ1) is 7.97. The molecule has 0 radical (unpaired) electrons. The van der Waals surface area contributed by atoms with Crippen LogP contribution in [0.5, 0.6) is 0 Å². The van der Waals surface area contributed by atoms with Crippen LogP contribution in [0.4, 0.5) is 4.39 Å². The van der Waals surface area contributed by atoms with Gasteiger partial charge in [-0.05, 0) is 24.6 Å². The summed E-state index contributed by atoms with van der Waals surface area (Å²) in [4.78, 5) is 0. The smallest absolute Gasteiger partial charge is 0.141 e. The van der Waals surface area contributed by atoms with Crippen LogP contribution in [0.15, 0.2) is 18.2 Å². The van der Waals surface area contributed by atoms with Gasteiger partial charge in [-0.1, -0.05) is 17.7 Å². The lowest BCUT2D eigenvalue weighted by Crippen LogP contribution is -2.36. The first kappa shape index (κ1) is 14.4. The van der Waals surface area contributed by atoms with Crippen LogP contribution in [0.25, 0.3) is 0 Å². The molecular weight excluding hydrogens is 245 g/mol. The van der Waals surface area contributed by atoms with Gasteiger partial charge in [-0.2, -0.15) is 0 Å². The molecule has 1 aromatic carbocycles. The van der Waals surface area contributed by atoms with E-state index in [1.165, 1.54) is 18.2 Å². The minimum atomic E-state index is -1.09. The van der Waals surface area contributed by atoms with E-state index >= 15 is 0 Å². The van der Waals surface area contributed by atoms with Crippen LogP contribution >= 0.6 is 11.6 Å². The van der Waals surface area contributed by atoms with Crippen molar-refractivity contribution in [2.24, 2.45) is 0 Å². The fraction of sp³-hybridized carbons (Fsp3) is 0.500. The minimum absolute atomic E-state index is 0.0136. The first-order valence-electron chi connectivity index (χ1n) is 5.35. The van der Waals surface area contributed by atoms with E-state index in [1.807, 2.05) is 0 Å². The molecule has 1 unspecified atom stereocenters. The van der Waals surface area contributed by atoms with E-state index in [0.717, 1.165) is 0 Å². The lowest BCUT2D eigenvalue weighted by molar-refractivity contribution is 0.0549. The average Bonchev–Trinajstić information content (AvgIpc) is 2.28. The Kier molecular flexibility index (Phi) is 5.33. The average molecular weight is 262 g/mol. The molecule has 0 amide bonds. The topological polar surface area (TPSA) is 41.5 Å². The number of halogens is 2. The van der Waals surface area contributed by atoms with Gasteiger partial charge in [0.15, 0.2) is 0 Å². The van der Waals surface area contributed by atoms with E-state index in [4.69, 9.17) is 16.3 Å². The van der Waals surface area contributed by atoms with E-state index in [-0.39, 0.29) is 5.02 Å². The van der Waals surface area contributed by atoms with Gasteiger partial charge in [0.1, 0.15) is 5.82 Å². The van der Waals surface area contributed by atoms with Gasteiger partial charge < -0.3 is 15.2 Å². The molecule has 0 saturated carbocycles. The summed E-state index contributed by atoms with van der Waals surface area (Å²) in [5, 5.41) is 13.3. The first-order valence-corrected chi connectivity index (χ1v) is 5.73. The number of rotatable bonds is 6. The number of nitrogens with one attached hydrogen (secondary N) is 1. The zero-order chi connectivity index (χ0) is 12.9. The number of hydrogen-bond acceptors (Lipinski definition) is 3. The van der Waals surface area contributed by atoms with Gasteiger partial charge in [-0.25, -0.2) is 4.39 Å². The molecule has 5 heteroatoms. The van der Waals surface area contributed by atoms with E-state index < -0.39 is 11.4 Å². The fourth-order valence-corrected chi connectivity index (χ4v) is 1.62. The second-order valence-corrected chi connectivity index (χ2v) is 4.48. The molecule has 0 heterocycles. The third-order valence-electron chi connectivity index (χ3n) is 2.49. The molecule has 1 atom stereocenters. The molecule has 0 aliphatic rings. The van der Waals surface area contributed by atoms with Crippen LogP contribution in [0, 0.1) is 5.82 Å². The molecule has 0 bridgehead atoms. The summed E-state index contributed by atoms with van der Waals surface area (Å²) in [6.07, 6.45) is 0. The maximum absolute atomic E-state index is 13.0. The molecule has 0 aliphatic carbocycles. The molecule has 0 saturated heterocycles. The molecule has 1 rings (SSSR count). The second kappa shape index (κ2) is 6.31. The Morgan fingerprint density at radius 2 is 2.24 bits per heavy atom. The Morgan fingerprint density at radius 1 is 1.53 bits per heavy atom. The summed E-state index contributed by atoms with van der Waals surface area (Å²) in [6, 6.07) is 4.22. The minimum Gasteiger partial charge on any atom is -0.384 e. The van der Waals surface area contributed by atoms with Gasteiger partial charge in [-0.3, -0.25) is 0 Å². The zero-order valence-corrected chi connectivity index (χ0v) is 10.7. The third kappa shape index (κ3) is 4.24. The Labute approximate surface area is 106 Å². The summed E-state index contributed by atoms with van der Waals surface area (Å²) in [7, 11) is 1.61. The van der Waals surface area contributed by atoms with Crippen molar-refractivity contribution in [3.05, 3.63) is 34.6 Å². The van der Waals surface area contributed by atoms with Crippen molar-refractivity contribution in [2.45, 2.75) is 12.5 Å². The van der Waals surface area contributed by atoms with Crippen LogP contribution in [-0.2, 0) is 10.3 Å². The van der Waals surface area contributed by atoms with Crippen molar-refractivity contribution in [2.75, 3.05) is 26.8 Å². The molecule has 17 heavy (non-hydrogen) atoms. The number of methoxy groups -OCH3 is 1. The van der Waals surface area contributed by atoms with E-state index in [1.54, 1.807) is 14.0 Å². The molecule has 0 spiro atoms. The number of ether oxygens (including phenoxy) is 1. The molecule has 0 fully saturated rings. The van der Waals surface area contributed by atoms with Gasteiger partial charge in [-0.15, -0.1) is 0 Å². The standard InChI is InChI=1S/C12H17ClFNO2/c1-12(16,8-15-5-6-17-2)9-3-4-11(14)10(13)7-9/h3-4,7,15-16H,5-6,8H2,1-2H3. The van der Waals surface area contributed by atoms with Crippen LogP contribution < -0.4 is 5.32 Å². The van der Waals surface area contributed by atoms with E-state index in [9.17, 15) is 9.50 Å². The fourth-order valence-electron chi connectivity index (χ4n) is 1.44. The van der Waals surface area contributed by atoms with Crippen LogP contribution in [0.2, 0.25) is 5.02 Å². The van der Waals surface area contributed by atoms with Gasteiger partial charge in [0.2, 0.25) is 0 Å². The summed E-state index contributed by atoms with van der Waals surface area (Å²) >= 11 is 5.68. The van der Waals surface area contributed by atoms with Crippen molar-refractivity contribution in [3.8, 4) is 0 Å². The van der Waals surface area contributed by atoms with Gasteiger partial charge >= 0.3 is 0 Å². The Morgan fingerprint density at radius 3 is 2.82 bits per heavy atom. The van der Waals surface area contributed by atoms with Crippen molar-refractivity contribution < 1.29 is 14.2 Å².